The molecule has 1 aromatic rings. The highest BCUT2D eigenvalue weighted by molar-refractivity contribution is 7.89. The van der Waals surface area contributed by atoms with Gasteiger partial charge in [0.05, 0.1) is 4.90 Å². The topological polar surface area (TPSA) is 37.4 Å². The van der Waals surface area contributed by atoms with Crippen molar-refractivity contribution in [2.45, 2.75) is 18.2 Å². The molecule has 0 bridgehead atoms. The molecule has 98 valence electrons. The first kappa shape index (κ1) is 13.6. The van der Waals surface area contributed by atoms with Crippen molar-refractivity contribution < 1.29 is 8.42 Å². The van der Waals surface area contributed by atoms with E-state index in [4.69, 9.17) is 11.6 Å². The van der Waals surface area contributed by atoms with Gasteiger partial charge in [0.25, 0.3) is 0 Å². The molecule has 0 N–H and O–H groups in total. The molecule has 0 amide bonds. The summed E-state index contributed by atoms with van der Waals surface area (Å²) in [4.78, 5) is 0.342. The van der Waals surface area contributed by atoms with Gasteiger partial charge in [-0.15, -0.1) is 0 Å². The lowest BCUT2D eigenvalue weighted by Crippen LogP contribution is -2.28. The van der Waals surface area contributed by atoms with Crippen molar-refractivity contribution in [3.8, 4) is 0 Å². The molecule has 1 fully saturated rings. The van der Waals surface area contributed by atoms with Crippen LogP contribution in [0.3, 0.4) is 0 Å². The van der Waals surface area contributed by atoms with Crippen molar-refractivity contribution in [1.82, 2.24) is 4.31 Å². The molecule has 1 atom stereocenters. The van der Waals surface area contributed by atoms with Crippen LogP contribution < -0.4 is 0 Å². The molecule has 1 aliphatic rings. The van der Waals surface area contributed by atoms with Gasteiger partial charge in [-0.1, -0.05) is 35.9 Å². The standard InChI is InChI=1S/C13H16ClNO2S/c1-10-3-5-13(6-4-10)18(16,17)15-8-7-12(9-15)11(2)14/h3-6,12H,2,7-9H2,1H3. The number of hydrogen-bond donors (Lipinski definition) is 0. The molecule has 0 aromatic heterocycles. The zero-order valence-corrected chi connectivity index (χ0v) is 11.8. The van der Waals surface area contributed by atoms with Gasteiger partial charge < -0.3 is 0 Å². The minimum atomic E-state index is -3.39. The first-order chi connectivity index (χ1) is 8.41. The van der Waals surface area contributed by atoms with Crippen LogP contribution in [0, 0.1) is 12.8 Å². The maximum Gasteiger partial charge on any atom is 0.243 e. The SMILES string of the molecule is C=C(Cl)C1CCN(S(=O)(=O)c2ccc(C)cc2)C1. The first-order valence-electron chi connectivity index (χ1n) is 5.82. The summed E-state index contributed by atoms with van der Waals surface area (Å²) in [6, 6.07) is 6.91. The molecule has 3 nitrogen and oxygen atoms in total. The Morgan fingerprint density at radius 3 is 2.50 bits per heavy atom. The Labute approximate surface area is 113 Å². The predicted octanol–water partition coefficient (Wildman–Crippen LogP) is 2.76. The summed E-state index contributed by atoms with van der Waals surface area (Å²) in [7, 11) is -3.39. The van der Waals surface area contributed by atoms with Gasteiger partial charge in [0.2, 0.25) is 10.0 Å². The lowest BCUT2D eigenvalue weighted by Gasteiger charge is -2.16. The molecule has 5 heteroatoms. The largest absolute Gasteiger partial charge is 0.243 e. The molecule has 1 heterocycles. The number of halogens is 1. The van der Waals surface area contributed by atoms with Crippen LogP contribution in [0.1, 0.15) is 12.0 Å². The summed E-state index contributed by atoms with van der Waals surface area (Å²) >= 11 is 5.85. The Morgan fingerprint density at radius 2 is 2.00 bits per heavy atom. The highest BCUT2D eigenvalue weighted by Crippen LogP contribution is 2.29. The minimum Gasteiger partial charge on any atom is -0.207 e. The van der Waals surface area contributed by atoms with Crippen LogP contribution in [-0.4, -0.2) is 25.8 Å². The quantitative estimate of drug-likeness (QED) is 0.856. The molecular weight excluding hydrogens is 270 g/mol. The second kappa shape index (κ2) is 5.03. The summed E-state index contributed by atoms with van der Waals surface area (Å²) in [5.41, 5.74) is 1.04. The summed E-state index contributed by atoms with van der Waals surface area (Å²) in [6.45, 7) is 6.55. The van der Waals surface area contributed by atoms with Crippen LogP contribution in [0.15, 0.2) is 40.8 Å². The van der Waals surface area contributed by atoms with Crippen LogP contribution in [0.4, 0.5) is 0 Å². The average Bonchev–Trinajstić information content (AvgIpc) is 2.79. The van der Waals surface area contributed by atoms with Crippen LogP contribution in [0.5, 0.6) is 0 Å². The molecule has 1 aromatic carbocycles. The van der Waals surface area contributed by atoms with Crippen LogP contribution in [0.25, 0.3) is 0 Å². The lowest BCUT2D eigenvalue weighted by molar-refractivity contribution is 0.469. The lowest BCUT2D eigenvalue weighted by atomic mass is 10.1. The first-order valence-corrected chi connectivity index (χ1v) is 7.64. The van der Waals surface area contributed by atoms with Crippen molar-refractivity contribution in [2.75, 3.05) is 13.1 Å². The average molecular weight is 286 g/mol. The van der Waals surface area contributed by atoms with Crippen molar-refractivity contribution >= 4 is 21.6 Å². The zero-order valence-electron chi connectivity index (χ0n) is 10.3. The Kier molecular flexibility index (Phi) is 3.80. The van der Waals surface area contributed by atoms with Gasteiger partial charge >= 0.3 is 0 Å². The van der Waals surface area contributed by atoms with Crippen molar-refractivity contribution in [2.24, 2.45) is 5.92 Å². The Morgan fingerprint density at radius 1 is 1.39 bits per heavy atom. The summed E-state index contributed by atoms with van der Waals surface area (Å²) in [6.07, 6.45) is 0.743. The second-order valence-corrected chi connectivity index (χ2v) is 7.03. The van der Waals surface area contributed by atoms with E-state index in [9.17, 15) is 8.42 Å². The highest BCUT2D eigenvalue weighted by atomic mass is 35.5. The number of aryl methyl sites for hydroxylation is 1. The molecule has 0 aliphatic carbocycles. The van der Waals surface area contributed by atoms with E-state index in [0.717, 1.165) is 12.0 Å². The number of nitrogens with zero attached hydrogens (tertiary/aromatic N) is 1. The summed E-state index contributed by atoms with van der Waals surface area (Å²) in [5.74, 6) is 0.0619. The van der Waals surface area contributed by atoms with E-state index in [2.05, 4.69) is 6.58 Å². The van der Waals surface area contributed by atoms with E-state index in [-0.39, 0.29) is 5.92 Å². The molecule has 2 rings (SSSR count). The molecule has 0 spiro atoms. The monoisotopic (exact) mass is 285 g/mol. The van der Waals surface area contributed by atoms with Crippen LogP contribution in [-0.2, 0) is 10.0 Å². The normalized spacial score (nSPS) is 21.1. The summed E-state index contributed by atoms with van der Waals surface area (Å²) in [5, 5.41) is 0.539. The number of hydrogen-bond acceptors (Lipinski definition) is 2. The fourth-order valence-corrected chi connectivity index (χ4v) is 3.74. The number of rotatable bonds is 3. The van der Waals surface area contributed by atoms with Gasteiger partial charge in [0.15, 0.2) is 0 Å². The number of benzene rings is 1. The second-order valence-electron chi connectivity index (χ2n) is 4.61. The van der Waals surface area contributed by atoms with E-state index in [0.29, 0.717) is 23.0 Å². The Balaban J connectivity index is 2.22. The molecule has 18 heavy (non-hydrogen) atoms. The Bertz CT molecular complexity index is 551. The molecule has 1 saturated heterocycles. The number of sulfonamides is 1. The van der Waals surface area contributed by atoms with E-state index >= 15 is 0 Å². The van der Waals surface area contributed by atoms with Crippen molar-refractivity contribution in [3.63, 3.8) is 0 Å². The van der Waals surface area contributed by atoms with Gasteiger partial charge in [-0.3, -0.25) is 0 Å². The maximum atomic E-state index is 12.4. The van der Waals surface area contributed by atoms with Gasteiger partial charge in [0.1, 0.15) is 0 Å². The molecule has 0 saturated carbocycles. The van der Waals surface area contributed by atoms with Gasteiger partial charge in [-0.05, 0) is 25.5 Å². The van der Waals surface area contributed by atoms with E-state index in [1.54, 1.807) is 24.3 Å². The molecule has 0 radical (unpaired) electrons. The van der Waals surface area contributed by atoms with Gasteiger partial charge in [0, 0.05) is 24.0 Å². The van der Waals surface area contributed by atoms with Crippen LogP contribution in [0.2, 0.25) is 0 Å². The molecule has 1 aliphatic heterocycles. The fourth-order valence-electron chi connectivity index (χ4n) is 2.06. The van der Waals surface area contributed by atoms with Gasteiger partial charge in [-0.25, -0.2) is 8.42 Å². The zero-order chi connectivity index (χ0) is 13.3. The fraction of sp³-hybridized carbons (Fsp3) is 0.385. The summed E-state index contributed by atoms with van der Waals surface area (Å²) < 4.78 is 26.2. The third-order valence-corrected chi connectivity index (χ3v) is 5.44. The highest BCUT2D eigenvalue weighted by Gasteiger charge is 2.33. The van der Waals surface area contributed by atoms with Crippen molar-refractivity contribution in [3.05, 3.63) is 41.4 Å². The van der Waals surface area contributed by atoms with E-state index in [1.165, 1.54) is 4.31 Å². The smallest absolute Gasteiger partial charge is 0.207 e. The Hall–Kier alpha value is -0.840. The van der Waals surface area contributed by atoms with Crippen molar-refractivity contribution in [1.29, 1.82) is 0 Å². The molecular formula is C13H16ClNO2S. The van der Waals surface area contributed by atoms with Gasteiger partial charge in [-0.2, -0.15) is 4.31 Å². The van der Waals surface area contributed by atoms with E-state index < -0.39 is 10.0 Å². The van der Waals surface area contributed by atoms with E-state index in [1.807, 2.05) is 6.92 Å². The minimum absolute atomic E-state index is 0.0619. The third-order valence-electron chi connectivity index (χ3n) is 3.25. The molecule has 1 unspecified atom stereocenters. The predicted molar refractivity (Wildman–Crippen MR) is 73.0 cm³/mol. The maximum absolute atomic E-state index is 12.4. The van der Waals surface area contributed by atoms with Crippen LogP contribution >= 0.6 is 11.6 Å². The third kappa shape index (κ3) is 2.60.